The highest BCUT2D eigenvalue weighted by Crippen LogP contribution is 2.15. The van der Waals surface area contributed by atoms with Gasteiger partial charge in [-0.2, -0.15) is 0 Å². The number of carbonyl (C=O) groups excluding carboxylic acids is 2. The molecule has 2 rings (SSSR count). The fourth-order valence-electron chi connectivity index (χ4n) is 1.84. The molecule has 0 aliphatic carbocycles. The second kappa shape index (κ2) is 5.48. The van der Waals surface area contributed by atoms with E-state index in [0.717, 1.165) is 17.4 Å². The van der Waals surface area contributed by atoms with E-state index in [1.807, 2.05) is 26.0 Å². The van der Waals surface area contributed by atoms with E-state index in [9.17, 15) is 9.59 Å². The van der Waals surface area contributed by atoms with E-state index in [1.54, 1.807) is 30.3 Å². The van der Waals surface area contributed by atoms with Crippen molar-refractivity contribution in [2.24, 2.45) is 0 Å². The van der Waals surface area contributed by atoms with Gasteiger partial charge in [0.2, 0.25) is 0 Å². The third-order valence-electron chi connectivity index (χ3n) is 3.15. The van der Waals surface area contributed by atoms with E-state index in [0.29, 0.717) is 16.8 Å². The van der Waals surface area contributed by atoms with Crippen LogP contribution in [0, 0.1) is 13.8 Å². The Kier molecular flexibility index (Phi) is 3.76. The summed E-state index contributed by atoms with van der Waals surface area (Å²) in [6.07, 6.45) is 0.774. The zero-order valence-corrected chi connectivity index (χ0v) is 10.9. The minimum absolute atomic E-state index is 0.139. The van der Waals surface area contributed by atoms with Crippen LogP contribution >= 0.6 is 0 Å². The molecule has 0 aliphatic rings. The standard InChI is InChI=1S/C16H15NO2/c1-11-4-3-5-15(12(11)2)16(19)17-14-8-6-13(10-18)7-9-14/h3-10H,1-2H3,(H,17,19). The van der Waals surface area contributed by atoms with E-state index in [1.165, 1.54) is 0 Å². The fourth-order valence-corrected chi connectivity index (χ4v) is 1.84. The summed E-state index contributed by atoms with van der Waals surface area (Å²) in [6, 6.07) is 12.4. The van der Waals surface area contributed by atoms with Gasteiger partial charge in [0, 0.05) is 16.8 Å². The summed E-state index contributed by atoms with van der Waals surface area (Å²) in [5, 5.41) is 2.82. The molecule has 0 saturated carbocycles. The quantitative estimate of drug-likeness (QED) is 0.852. The molecular formula is C16H15NO2. The molecule has 0 heterocycles. The van der Waals surface area contributed by atoms with Crippen molar-refractivity contribution >= 4 is 17.9 Å². The Labute approximate surface area is 112 Å². The van der Waals surface area contributed by atoms with E-state index >= 15 is 0 Å². The van der Waals surface area contributed by atoms with Crippen molar-refractivity contribution in [1.82, 2.24) is 0 Å². The first-order valence-corrected chi connectivity index (χ1v) is 6.04. The lowest BCUT2D eigenvalue weighted by atomic mass is 10.0. The number of carbonyl (C=O) groups is 2. The maximum atomic E-state index is 12.2. The van der Waals surface area contributed by atoms with Gasteiger partial charge in [0.15, 0.2) is 0 Å². The molecule has 1 N–H and O–H groups in total. The third-order valence-corrected chi connectivity index (χ3v) is 3.15. The second-order valence-corrected chi connectivity index (χ2v) is 4.44. The van der Waals surface area contributed by atoms with Crippen molar-refractivity contribution in [3.8, 4) is 0 Å². The smallest absolute Gasteiger partial charge is 0.255 e. The lowest BCUT2D eigenvalue weighted by molar-refractivity contribution is 0.102. The molecule has 19 heavy (non-hydrogen) atoms. The van der Waals surface area contributed by atoms with Gasteiger partial charge in [0.05, 0.1) is 0 Å². The highest BCUT2D eigenvalue weighted by atomic mass is 16.1. The molecule has 0 aliphatic heterocycles. The Morgan fingerprint density at radius 1 is 1.05 bits per heavy atom. The van der Waals surface area contributed by atoms with E-state index in [2.05, 4.69) is 5.32 Å². The summed E-state index contributed by atoms with van der Waals surface area (Å²) in [7, 11) is 0. The summed E-state index contributed by atoms with van der Waals surface area (Å²) in [4.78, 5) is 22.7. The van der Waals surface area contributed by atoms with Gasteiger partial charge in [-0.25, -0.2) is 0 Å². The van der Waals surface area contributed by atoms with Crippen LogP contribution in [0.5, 0.6) is 0 Å². The average molecular weight is 253 g/mol. The van der Waals surface area contributed by atoms with Gasteiger partial charge in [0.1, 0.15) is 6.29 Å². The Morgan fingerprint density at radius 2 is 1.74 bits per heavy atom. The van der Waals surface area contributed by atoms with Gasteiger partial charge >= 0.3 is 0 Å². The maximum Gasteiger partial charge on any atom is 0.255 e. The third kappa shape index (κ3) is 2.88. The van der Waals surface area contributed by atoms with Crippen LogP contribution in [0.2, 0.25) is 0 Å². The highest BCUT2D eigenvalue weighted by molar-refractivity contribution is 6.05. The zero-order chi connectivity index (χ0) is 13.8. The minimum atomic E-state index is -0.139. The van der Waals surface area contributed by atoms with Gasteiger partial charge < -0.3 is 5.32 Å². The number of hydrogen-bond acceptors (Lipinski definition) is 2. The van der Waals surface area contributed by atoms with Gasteiger partial charge in [-0.3, -0.25) is 9.59 Å². The first-order chi connectivity index (χ1) is 9.11. The van der Waals surface area contributed by atoms with Crippen molar-refractivity contribution in [3.63, 3.8) is 0 Å². The number of hydrogen-bond donors (Lipinski definition) is 1. The Balaban J connectivity index is 2.20. The Morgan fingerprint density at radius 3 is 2.37 bits per heavy atom. The predicted octanol–water partition coefficient (Wildman–Crippen LogP) is 3.37. The normalized spacial score (nSPS) is 10.0. The number of anilines is 1. The molecule has 2 aromatic carbocycles. The molecule has 0 aromatic heterocycles. The molecule has 96 valence electrons. The number of benzene rings is 2. The first-order valence-electron chi connectivity index (χ1n) is 6.04. The van der Waals surface area contributed by atoms with E-state index in [-0.39, 0.29) is 5.91 Å². The second-order valence-electron chi connectivity index (χ2n) is 4.44. The number of amides is 1. The van der Waals surface area contributed by atoms with Crippen LogP contribution < -0.4 is 5.32 Å². The lowest BCUT2D eigenvalue weighted by Gasteiger charge is -2.09. The molecule has 3 heteroatoms. The van der Waals surface area contributed by atoms with E-state index in [4.69, 9.17) is 0 Å². The van der Waals surface area contributed by atoms with Crippen LogP contribution in [-0.2, 0) is 0 Å². The van der Waals surface area contributed by atoms with Crippen LogP contribution in [0.25, 0.3) is 0 Å². The van der Waals surface area contributed by atoms with Crippen LogP contribution in [0.3, 0.4) is 0 Å². The van der Waals surface area contributed by atoms with Crippen LogP contribution in [0.15, 0.2) is 42.5 Å². The largest absolute Gasteiger partial charge is 0.322 e. The molecular weight excluding hydrogens is 238 g/mol. The Hall–Kier alpha value is -2.42. The lowest BCUT2D eigenvalue weighted by Crippen LogP contribution is -2.13. The summed E-state index contributed by atoms with van der Waals surface area (Å²) in [6.45, 7) is 3.91. The van der Waals surface area contributed by atoms with E-state index < -0.39 is 0 Å². The number of aryl methyl sites for hydroxylation is 1. The van der Waals surface area contributed by atoms with Gasteiger partial charge in [-0.05, 0) is 55.3 Å². The molecule has 2 aromatic rings. The van der Waals surface area contributed by atoms with Gasteiger partial charge in [-0.15, -0.1) is 0 Å². The monoisotopic (exact) mass is 253 g/mol. The highest BCUT2D eigenvalue weighted by Gasteiger charge is 2.10. The predicted molar refractivity (Wildman–Crippen MR) is 75.7 cm³/mol. The summed E-state index contributed by atoms with van der Waals surface area (Å²) in [5.74, 6) is -0.139. The van der Waals surface area contributed by atoms with Crippen molar-refractivity contribution in [2.75, 3.05) is 5.32 Å². The van der Waals surface area contributed by atoms with Crippen molar-refractivity contribution in [1.29, 1.82) is 0 Å². The molecule has 0 unspecified atom stereocenters. The first kappa shape index (κ1) is 13.0. The minimum Gasteiger partial charge on any atom is -0.322 e. The molecule has 0 radical (unpaired) electrons. The average Bonchev–Trinajstić information content (AvgIpc) is 2.42. The zero-order valence-electron chi connectivity index (χ0n) is 10.9. The molecule has 0 fully saturated rings. The van der Waals surface area contributed by atoms with Gasteiger partial charge in [-0.1, -0.05) is 12.1 Å². The topological polar surface area (TPSA) is 46.2 Å². The van der Waals surface area contributed by atoms with Gasteiger partial charge in [0.25, 0.3) is 5.91 Å². The molecule has 3 nitrogen and oxygen atoms in total. The molecule has 0 saturated heterocycles. The molecule has 0 bridgehead atoms. The fraction of sp³-hybridized carbons (Fsp3) is 0.125. The summed E-state index contributed by atoms with van der Waals surface area (Å²) < 4.78 is 0. The van der Waals surface area contributed by atoms with Crippen molar-refractivity contribution < 1.29 is 9.59 Å². The maximum absolute atomic E-state index is 12.2. The molecule has 1 amide bonds. The number of rotatable bonds is 3. The number of nitrogens with one attached hydrogen (secondary N) is 1. The van der Waals surface area contributed by atoms with Crippen LogP contribution in [0.4, 0.5) is 5.69 Å². The SMILES string of the molecule is Cc1cccc(C(=O)Nc2ccc(C=O)cc2)c1C. The summed E-state index contributed by atoms with van der Waals surface area (Å²) >= 11 is 0. The van der Waals surface area contributed by atoms with Crippen molar-refractivity contribution in [2.45, 2.75) is 13.8 Å². The van der Waals surface area contributed by atoms with Crippen LogP contribution in [0.1, 0.15) is 31.8 Å². The van der Waals surface area contributed by atoms with Crippen molar-refractivity contribution in [3.05, 3.63) is 64.7 Å². The molecule has 0 spiro atoms. The molecule has 0 atom stereocenters. The number of aldehydes is 1. The van der Waals surface area contributed by atoms with Crippen LogP contribution in [-0.4, -0.2) is 12.2 Å². The Bertz CT molecular complexity index is 615. The summed E-state index contributed by atoms with van der Waals surface area (Å²) in [5.41, 5.74) is 3.99.